The van der Waals surface area contributed by atoms with Crippen molar-refractivity contribution < 1.29 is 24.4 Å². The Morgan fingerprint density at radius 1 is 1.13 bits per heavy atom. The maximum Gasteiger partial charge on any atom is 0.231 e. The van der Waals surface area contributed by atoms with Crippen LogP contribution in [-0.4, -0.2) is 54.3 Å². The molecule has 0 bridgehead atoms. The van der Waals surface area contributed by atoms with Crippen LogP contribution < -0.4 is 14.2 Å². The minimum atomic E-state index is -0.568. The molecule has 2 fully saturated rings. The number of rotatable bonds is 3. The van der Waals surface area contributed by atoms with Crippen LogP contribution in [0.4, 0.5) is 0 Å². The van der Waals surface area contributed by atoms with Crippen LogP contribution in [0.3, 0.4) is 0 Å². The number of nitrogens with zero attached hydrogens (tertiary/aromatic N) is 1. The molecule has 1 saturated carbocycles. The largest absolute Gasteiger partial charge is 0.493 e. The maximum absolute atomic E-state index is 9.86. The normalized spacial score (nSPS) is 32.8. The van der Waals surface area contributed by atoms with Crippen molar-refractivity contribution in [1.29, 1.82) is 0 Å². The number of hydrogen-bond acceptors (Lipinski definition) is 6. The highest BCUT2D eigenvalue weighted by Gasteiger charge is 2.41. The van der Waals surface area contributed by atoms with Crippen LogP contribution in [0.15, 0.2) is 12.1 Å². The molecule has 1 saturated heterocycles. The molecule has 0 amide bonds. The lowest BCUT2D eigenvalue weighted by atomic mass is 9.79. The van der Waals surface area contributed by atoms with Gasteiger partial charge in [-0.05, 0) is 42.4 Å². The average molecular weight is 321 g/mol. The Labute approximate surface area is 135 Å². The third-order valence-corrected chi connectivity index (χ3v) is 5.31. The van der Waals surface area contributed by atoms with Gasteiger partial charge in [0.2, 0.25) is 12.5 Å². The summed E-state index contributed by atoms with van der Waals surface area (Å²) in [5.74, 6) is 3.07. The Balaban J connectivity index is 1.47. The van der Waals surface area contributed by atoms with Crippen LogP contribution in [-0.2, 0) is 6.54 Å². The summed E-state index contributed by atoms with van der Waals surface area (Å²) >= 11 is 0. The second kappa shape index (κ2) is 5.85. The Bertz CT molecular complexity index is 575. The summed E-state index contributed by atoms with van der Waals surface area (Å²) in [5, 5.41) is 19.7. The number of benzene rings is 1. The zero-order valence-corrected chi connectivity index (χ0v) is 13.3. The SMILES string of the molecule is COc1cc(CN2C[C@H]3C[C@H](O)[C@H](O)C[C@H]3C2)cc2c1OCO2. The van der Waals surface area contributed by atoms with E-state index in [-0.39, 0.29) is 6.79 Å². The molecule has 4 rings (SSSR count). The summed E-state index contributed by atoms with van der Waals surface area (Å²) in [6.45, 7) is 2.97. The van der Waals surface area contributed by atoms with Gasteiger partial charge in [-0.2, -0.15) is 0 Å². The summed E-state index contributed by atoms with van der Waals surface area (Å²) in [6.07, 6.45) is 0.267. The van der Waals surface area contributed by atoms with E-state index in [1.54, 1.807) is 7.11 Å². The molecule has 0 spiro atoms. The molecular formula is C17H23NO5. The van der Waals surface area contributed by atoms with E-state index in [0.717, 1.165) is 30.9 Å². The van der Waals surface area contributed by atoms with Crippen molar-refractivity contribution in [2.75, 3.05) is 27.0 Å². The zero-order valence-electron chi connectivity index (χ0n) is 13.3. The first-order valence-corrected chi connectivity index (χ1v) is 8.19. The van der Waals surface area contributed by atoms with Gasteiger partial charge in [-0.1, -0.05) is 0 Å². The van der Waals surface area contributed by atoms with Gasteiger partial charge in [-0.25, -0.2) is 0 Å². The van der Waals surface area contributed by atoms with Gasteiger partial charge in [0.1, 0.15) is 0 Å². The number of aliphatic hydroxyl groups is 2. The Morgan fingerprint density at radius 2 is 1.83 bits per heavy atom. The second-order valence-electron chi connectivity index (χ2n) is 6.85. The molecule has 126 valence electrons. The molecule has 0 radical (unpaired) electrons. The van der Waals surface area contributed by atoms with Crippen LogP contribution in [0.25, 0.3) is 0 Å². The number of likely N-dealkylation sites (tertiary alicyclic amines) is 1. The van der Waals surface area contributed by atoms with E-state index in [9.17, 15) is 10.2 Å². The van der Waals surface area contributed by atoms with E-state index in [2.05, 4.69) is 4.90 Å². The van der Waals surface area contributed by atoms with E-state index in [0.29, 0.717) is 36.2 Å². The van der Waals surface area contributed by atoms with E-state index in [1.165, 1.54) is 0 Å². The van der Waals surface area contributed by atoms with Crippen molar-refractivity contribution in [3.63, 3.8) is 0 Å². The third-order valence-electron chi connectivity index (χ3n) is 5.31. The second-order valence-corrected chi connectivity index (χ2v) is 6.85. The van der Waals surface area contributed by atoms with Crippen LogP contribution in [0.1, 0.15) is 18.4 Å². The van der Waals surface area contributed by atoms with Crippen molar-refractivity contribution in [2.24, 2.45) is 11.8 Å². The first kappa shape index (κ1) is 15.1. The molecule has 1 aromatic rings. The number of ether oxygens (including phenoxy) is 3. The lowest BCUT2D eigenvalue weighted by Gasteiger charge is -2.32. The Hall–Kier alpha value is -1.50. The molecule has 6 nitrogen and oxygen atoms in total. The number of fused-ring (bicyclic) bond motifs is 2. The quantitative estimate of drug-likeness (QED) is 0.865. The smallest absolute Gasteiger partial charge is 0.231 e. The van der Waals surface area contributed by atoms with Gasteiger partial charge in [0.25, 0.3) is 0 Å². The summed E-state index contributed by atoms with van der Waals surface area (Å²) in [4.78, 5) is 2.39. The minimum absolute atomic E-state index is 0.235. The van der Waals surface area contributed by atoms with Crippen molar-refractivity contribution in [3.05, 3.63) is 17.7 Å². The fourth-order valence-corrected chi connectivity index (χ4v) is 4.17. The molecule has 4 atom stereocenters. The highest BCUT2D eigenvalue weighted by Crippen LogP contribution is 2.43. The van der Waals surface area contributed by atoms with Crippen LogP contribution >= 0.6 is 0 Å². The lowest BCUT2D eigenvalue weighted by Crippen LogP contribution is -2.38. The fourth-order valence-electron chi connectivity index (χ4n) is 4.17. The summed E-state index contributed by atoms with van der Waals surface area (Å²) in [6, 6.07) is 4.01. The molecule has 1 aromatic carbocycles. The van der Waals surface area contributed by atoms with E-state index >= 15 is 0 Å². The first-order valence-electron chi connectivity index (χ1n) is 8.19. The van der Waals surface area contributed by atoms with Gasteiger partial charge >= 0.3 is 0 Å². The van der Waals surface area contributed by atoms with Crippen molar-refractivity contribution in [1.82, 2.24) is 4.90 Å². The molecule has 23 heavy (non-hydrogen) atoms. The van der Waals surface area contributed by atoms with E-state index in [4.69, 9.17) is 14.2 Å². The monoisotopic (exact) mass is 321 g/mol. The van der Waals surface area contributed by atoms with Crippen LogP contribution in [0, 0.1) is 11.8 Å². The topological polar surface area (TPSA) is 71.4 Å². The molecular weight excluding hydrogens is 298 g/mol. The minimum Gasteiger partial charge on any atom is -0.493 e. The van der Waals surface area contributed by atoms with Crippen LogP contribution in [0.2, 0.25) is 0 Å². The fraction of sp³-hybridized carbons (Fsp3) is 0.647. The molecule has 0 aromatic heterocycles. The number of aliphatic hydroxyl groups excluding tert-OH is 2. The highest BCUT2D eigenvalue weighted by atomic mass is 16.7. The maximum atomic E-state index is 9.86. The molecule has 2 aliphatic heterocycles. The number of methoxy groups -OCH3 is 1. The van der Waals surface area contributed by atoms with Crippen molar-refractivity contribution >= 4 is 0 Å². The summed E-state index contributed by atoms with van der Waals surface area (Å²) in [7, 11) is 1.63. The molecule has 1 aliphatic carbocycles. The predicted octanol–water partition coefficient (Wildman–Crippen LogP) is 0.987. The molecule has 0 unspecified atom stereocenters. The highest BCUT2D eigenvalue weighted by molar-refractivity contribution is 5.55. The first-order chi connectivity index (χ1) is 11.1. The van der Waals surface area contributed by atoms with Gasteiger partial charge in [0.05, 0.1) is 19.3 Å². The third kappa shape index (κ3) is 2.75. The lowest BCUT2D eigenvalue weighted by molar-refractivity contribution is -0.0372. The molecule has 6 heteroatoms. The summed E-state index contributed by atoms with van der Waals surface area (Å²) in [5.41, 5.74) is 1.13. The average Bonchev–Trinajstić information content (AvgIpc) is 3.13. The van der Waals surface area contributed by atoms with Gasteiger partial charge < -0.3 is 24.4 Å². The molecule has 3 aliphatic rings. The van der Waals surface area contributed by atoms with E-state index < -0.39 is 12.2 Å². The Kier molecular flexibility index (Phi) is 3.83. The molecule has 2 heterocycles. The standard InChI is InChI=1S/C17H23NO5/c1-21-15-2-10(3-16-17(15)23-9-22-16)6-18-7-11-4-13(19)14(20)5-12(11)8-18/h2-3,11-14,19-20H,4-9H2,1H3/t11-,12+,13+,14-. The van der Waals surface area contributed by atoms with Crippen molar-refractivity contribution in [2.45, 2.75) is 31.6 Å². The zero-order chi connectivity index (χ0) is 16.0. The Morgan fingerprint density at radius 3 is 2.48 bits per heavy atom. The van der Waals surface area contributed by atoms with Crippen molar-refractivity contribution in [3.8, 4) is 17.2 Å². The summed E-state index contributed by atoms with van der Waals surface area (Å²) < 4.78 is 16.3. The van der Waals surface area contributed by atoms with Gasteiger partial charge in [-0.3, -0.25) is 4.90 Å². The van der Waals surface area contributed by atoms with Gasteiger partial charge in [0.15, 0.2) is 11.5 Å². The predicted molar refractivity (Wildman–Crippen MR) is 82.6 cm³/mol. The van der Waals surface area contributed by atoms with E-state index in [1.807, 2.05) is 12.1 Å². The van der Waals surface area contributed by atoms with Gasteiger partial charge in [-0.15, -0.1) is 0 Å². The van der Waals surface area contributed by atoms with Gasteiger partial charge in [0, 0.05) is 19.6 Å². The molecule has 2 N–H and O–H groups in total. The number of hydrogen-bond donors (Lipinski definition) is 2. The van der Waals surface area contributed by atoms with Crippen LogP contribution in [0.5, 0.6) is 17.2 Å².